The molecule has 2 atom stereocenters. The van der Waals surface area contributed by atoms with Crippen LogP contribution in [0.25, 0.3) is 0 Å². The smallest absolute Gasteiger partial charge is 0.0897 e. The van der Waals surface area contributed by atoms with E-state index in [9.17, 15) is 5.11 Å². The largest absolute Gasteiger partial charge is 0.389 e. The zero-order valence-electron chi connectivity index (χ0n) is 11.3. The average molecular weight is 265 g/mol. The number of nitrogens with one attached hydrogen (secondary N) is 1. The molecule has 0 aliphatic carbocycles. The van der Waals surface area contributed by atoms with E-state index >= 15 is 0 Å². The van der Waals surface area contributed by atoms with E-state index in [4.69, 9.17) is 9.47 Å². The summed E-state index contributed by atoms with van der Waals surface area (Å²) >= 11 is 0. The number of rotatable bonds is 8. The highest BCUT2D eigenvalue weighted by Gasteiger charge is 2.15. The highest BCUT2D eigenvalue weighted by molar-refractivity contribution is 5.14. The van der Waals surface area contributed by atoms with Crippen molar-refractivity contribution in [2.24, 2.45) is 0 Å². The first-order valence-electron chi connectivity index (χ1n) is 6.96. The number of aliphatic hydroxyl groups excluding tert-OH is 1. The first-order chi connectivity index (χ1) is 9.34. The molecular formula is C15H23NO3. The topological polar surface area (TPSA) is 50.7 Å². The van der Waals surface area contributed by atoms with Gasteiger partial charge in [-0.05, 0) is 18.4 Å². The number of hydrogen-bond acceptors (Lipinski definition) is 4. The standard InChI is InChI=1S/C15H23NO3/c17-14(11-18-12-15-7-4-8-19-15)10-16-9-13-5-2-1-3-6-13/h1-3,5-6,14-17H,4,7-12H2. The van der Waals surface area contributed by atoms with Crippen LogP contribution in [0.3, 0.4) is 0 Å². The highest BCUT2D eigenvalue weighted by Crippen LogP contribution is 2.11. The quantitative estimate of drug-likeness (QED) is 0.744. The molecule has 2 unspecified atom stereocenters. The maximum Gasteiger partial charge on any atom is 0.0897 e. The van der Waals surface area contributed by atoms with E-state index in [1.807, 2.05) is 18.2 Å². The van der Waals surface area contributed by atoms with Gasteiger partial charge in [0.15, 0.2) is 0 Å². The molecule has 0 spiro atoms. The summed E-state index contributed by atoms with van der Waals surface area (Å²) in [7, 11) is 0. The van der Waals surface area contributed by atoms with Crippen LogP contribution in [-0.4, -0.2) is 43.7 Å². The molecule has 1 aliphatic rings. The Morgan fingerprint density at radius 3 is 2.95 bits per heavy atom. The second-order valence-electron chi connectivity index (χ2n) is 4.94. The van der Waals surface area contributed by atoms with Crippen LogP contribution >= 0.6 is 0 Å². The van der Waals surface area contributed by atoms with E-state index in [0.717, 1.165) is 26.0 Å². The van der Waals surface area contributed by atoms with Crippen molar-refractivity contribution >= 4 is 0 Å². The Labute approximate surface area is 114 Å². The lowest BCUT2D eigenvalue weighted by atomic mass is 10.2. The number of aliphatic hydroxyl groups is 1. The highest BCUT2D eigenvalue weighted by atomic mass is 16.5. The van der Waals surface area contributed by atoms with Gasteiger partial charge in [0.05, 0.1) is 25.4 Å². The van der Waals surface area contributed by atoms with Crippen molar-refractivity contribution in [3.05, 3.63) is 35.9 Å². The molecule has 1 heterocycles. The molecule has 4 nitrogen and oxygen atoms in total. The third-order valence-electron chi connectivity index (χ3n) is 3.19. The number of benzene rings is 1. The van der Waals surface area contributed by atoms with Crippen molar-refractivity contribution < 1.29 is 14.6 Å². The normalized spacial score (nSPS) is 20.6. The van der Waals surface area contributed by atoms with Gasteiger partial charge in [0.2, 0.25) is 0 Å². The van der Waals surface area contributed by atoms with Crippen molar-refractivity contribution in [1.29, 1.82) is 0 Å². The third kappa shape index (κ3) is 5.70. The predicted octanol–water partition coefficient (Wildman–Crippen LogP) is 1.33. The summed E-state index contributed by atoms with van der Waals surface area (Å²) < 4.78 is 10.9. The summed E-state index contributed by atoms with van der Waals surface area (Å²) in [6.07, 6.45) is 1.95. The van der Waals surface area contributed by atoms with Crippen molar-refractivity contribution in [3.8, 4) is 0 Å². The Morgan fingerprint density at radius 1 is 1.37 bits per heavy atom. The minimum absolute atomic E-state index is 0.226. The molecule has 1 aromatic rings. The molecular weight excluding hydrogens is 242 g/mol. The molecule has 0 bridgehead atoms. The van der Waals surface area contributed by atoms with E-state index in [1.165, 1.54) is 5.56 Å². The second kappa shape index (κ2) is 8.27. The molecule has 0 aromatic heterocycles. The molecule has 1 aromatic carbocycles. The SMILES string of the molecule is OC(CNCc1ccccc1)COCC1CCCO1. The van der Waals surface area contributed by atoms with Crippen LogP contribution in [0.4, 0.5) is 0 Å². The van der Waals surface area contributed by atoms with Crippen LogP contribution in [0, 0.1) is 0 Å². The van der Waals surface area contributed by atoms with Crippen LogP contribution in [0.5, 0.6) is 0 Å². The van der Waals surface area contributed by atoms with Crippen LogP contribution in [-0.2, 0) is 16.0 Å². The summed E-state index contributed by atoms with van der Waals surface area (Å²) in [5.41, 5.74) is 1.22. The molecule has 0 saturated carbocycles. The predicted molar refractivity (Wildman–Crippen MR) is 73.9 cm³/mol. The van der Waals surface area contributed by atoms with Gasteiger partial charge in [-0.2, -0.15) is 0 Å². The van der Waals surface area contributed by atoms with E-state index < -0.39 is 6.10 Å². The Morgan fingerprint density at radius 2 is 2.21 bits per heavy atom. The van der Waals surface area contributed by atoms with Crippen LogP contribution < -0.4 is 5.32 Å². The lowest BCUT2D eigenvalue weighted by molar-refractivity contribution is -0.0164. The molecule has 2 rings (SSSR count). The summed E-state index contributed by atoms with van der Waals surface area (Å²) in [5.74, 6) is 0. The fourth-order valence-corrected chi connectivity index (χ4v) is 2.15. The third-order valence-corrected chi connectivity index (χ3v) is 3.19. The van der Waals surface area contributed by atoms with Gasteiger partial charge in [0.1, 0.15) is 0 Å². The Balaban J connectivity index is 1.51. The zero-order valence-corrected chi connectivity index (χ0v) is 11.3. The molecule has 1 fully saturated rings. The average Bonchev–Trinajstić information content (AvgIpc) is 2.93. The summed E-state index contributed by atoms with van der Waals surface area (Å²) in [5, 5.41) is 13.0. The molecule has 0 radical (unpaired) electrons. The van der Waals surface area contributed by atoms with Gasteiger partial charge in [-0.15, -0.1) is 0 Å². The first-order valence-corrected chi connectivity index (χ1v) is 6.96. The van der Waals surface area contributed by atoms with Gasteiger partial charge in [-0.1, -0.05) is 30.3 Å². The first kappa shape index (κ1) is 14.5. The Hall–Kier alpha value is -0.940. The fraction of sp³-hybridized carbons (Fsp3) is 0.600. The van der Waals surface area contributed by atoms with Crippen LogP contribution in [0.1, 0.15) is 18.4 Å². The summed E-state index contributed by atoms with van der Waals surface area (Å²) in [4.78, 5) is 0. The van der Waals surface area contributed by atoms with Crippen LogP contribution in [0.2, 0.25) is 0 Å². The Bertz CT molecular complexity index is 339. The van der Waals surface area contributed by atoms with Crippen molar-refractivity contribution in [2.45, 2.75) is 31.6 Å². The monoisotopic (exact) mass is 265 g/mol. The second-order valence-corrected chi connectivity index (χ2v) is 4.94. The summed E-state index contributed by atoms with van der Waals surface area (Å²) in [6, 6.07) is 10.1. The van der Waals surface area contributed by atoms with Gasteiger partial charge < -0.3 is 19.9 Å². The van der Waals surface area contributed by atoms with Crippen LogP contribution in [0.15, 0.2) is 30.3 Å². The maximum atomic E-state index is 9.77. The van der Waals surface area contributed by atoms with Crippen molar-refractivity contribution in [2.75, 3.05) is 26.4 Å². The molecule has 4 heteroatoms. The van der Waals surface area contributed by atoms with E-state index in [2.05, 4.69) is 17.4 Å². The van der Waals surface area contributed by atoms with Gasteiger partial charge >= 0.3 is 0 Å². The number of ether oxygens (including phenoxy) is 2. The van der Waals surface area contributed by atoms with Gasteiger partial charge in [0, 0.05) is 19.7 Å². The molecule has 106 valence electrons. The maximum absolute atomic E-state index is 9.77. The van der Waals surface area contributed by atoms with E-state index in [-0.39, 0.29) is 6.10 Å². The summed E-state index contributed by atoms with van der Waals surface area (Å²) in [6.45, 7) is 3.11. The fourth-order valence-electron chi connectivity index (χ4n) is 2.15. The molecule has 2 N–H and O–H groups in total. The zero-order chi connectivity index (χ0) is 13.3. The van der Waals surface area contributed by atoms with E-state index in [0.29, 0.717) is 19.8 Å². The lowest BCUT2D eigenvalue weighted by Crippen LogP contribution is -2.31. The minimum atomic E-state index is -0.467. The lowest BCUT2D eigenvalue weighted by Gasteiger charge is -2.14. The molecule has 0 amide bonds. The molecule has 1 saturated heterocycles. The van der Waals surface area contributed by atoms with Gasteiger partial charge in [0.25, 0.3) is 0 Å². The Kier molecular flexibility index (Phi) is 6.30. The molecule has 19 heavy (non-hydrogen) atoms. The van der Waals surface area contributed by atoms with Crippen molar-refractivity contribution in [3.63, 3.8) is 0 Å². The minimum Gasteiger partial charge on any atom is -0.389 e. The van der Waals surface area contributed by atoms with Gasteiger partial charge in [-0.25, -0.2) is 0 Å². The molecule has 1 aliphatic heterocycles. The van der Waals surface area contributed by atoms with Gasteiger partial charge in [-0.3, -0.25) is 0 Å². The number of hydrogen-bond donors (Lipinski definition) is 2. The van der Waals surface area contributed by atoms with E-state index in [1.54, 1.807) is 0 Å². The van der Waals surface area contributed by atoms with Crippen molar-refractivity contribution in [1.82, 2.24) is 5.32 Å².